The maximum atomic E-state index is 12.4. The monoisotopic (exact) mass is 503 g/mol. The predicted octanol–water partition coefficient (Wildman–Crippen LogP) is 4.32. The molecule has 148 valence electrons. The lowest BCUT2D eigenvalue weighted by Crippen LogP contribution is -2.24. The molecule has 0 fully saturated rings. The molecule has 0 atom stereocenters. The minimum absolute atomic E-state index is 0. The van der Waals surface area contributed by atoms with E-state index in [9.17, 15) is 13.2 Å². The number of hydrogen-bond donors (Lipinski definition) is 2. The zero-order valence-corrected chi connectivity index (χ0v) is 16.8. The van der Waals surface area contributed by atoms with Crippen molar-refractivity contribution in [1.82, 2.24) is 9.78 Å². The van der Waals surface area contributed by atoms with Crippen molar-refractivity contribution in [2.24, 2.45) is 10.7 Å². The summed E-state index contributed by atoms with van der Waals surface area (Å²) in [7, 11) is 0. The molecule has 3 aromatic rings. The fourth-order valence-corrected chi connectivity index (χ4v) is 2.30. The Bertz CT molecular complexity index is 928. The molecule has 0 saturated carbocycles. The smallest absolute Gasteiger partial charge is 0.404 e. The number of nitrogens with one attached hydrogen (secondary N) is 1. The first-order valence-corrected chi connectivity index (χ1v) is 7.91. The Labute approximate surface area is 176 Å². The van der Waals surface area contributed by atoms with Crippen LogP contribution in [0.1, 0.15) is 5.56 Å². The molecule has 1 heterocycles. The summed E-state index contributed by atoms with van der Waals surface area (Å²) in [4.78, 5) is 4.13. The highest BCUT2D eigenvalue weighted by Crippen LogP contribution is 2.29. The normalized spacial score (nSPS) is 11.6. The molecule has 0 aliphatic rings. The molecule has 0 aliphatic heterocycles. The summed E-state index contributed by atoms with van der Waals surface area (Å²) in [5.41, 5.74) is 7.54. The van der Waals surface area contributed by atoms with Crippen molar-refractivity contribution in [3.8, 4) is 11.4 Å². The van der Waals surface area contributed by atoms with E-state index in [0.717, 1.165) is 11.3 Å². The summed E-state index contributed by atoms with van der Waals surface area (Å²) in [6.45, 7) is 0.216. The van der Waals surface area contributed by atoms with Crippen LogP contribution < -0.4 is 15.8 Å². The molecule has 0 amide bonds. The number of hydrogen-bond acceptors (Lipinski definition) is 3. The summed E-state index contributed by atoms with van der Waals surface area (Å²) >= 11 is 0. The maximum Gasteiger partial charge on any atom is 0.573 e. The SMILES string of the molecule is I.NC(=NCc1cnn(-c2ccccc2)c1)Nc1ccccc1OC(F)(F)F. The van der Waals surface area contributed by atoms with E-state index in [1.807, 2.05) is 30.3 Å². The van der Waals surface area contributed by atoms with E-state index in [1.54, 1.807) is 23.1 Å². The highest BCUT2D eigenvalue weighted by molar-refractivity contribution is 14.0. The van der Waals surface area contributed by atoms with Gasteiger partial charge in [0, 0.05) is 11.8 Å². The number of benzene rings is 2. The van der Waals surface area contributed by atoms with Crippen LogP contribution in [0, 0.1) is 0 Å². The fourth-order valence-electron chi connectivity index (χ4n) is 2.30. The van der Waals surface area contributed by atoms with Crippen molar-refractivity contribution in [3.63, 3.8) is 0 Å². The highest BCUT2D eigenvalue weighted by atomic mass is 127. The molecule has 3 rings (SSSR count). The maximum absolute atomic E-state index is 12.4. The lowest BCUT2D eigenvalue weighted by atomic mass is 10.3. The topological polar surface area (TPSA) is 77.5 Å². The largest absolute Gasteiger partial charge is 0.573 e. The van der Waals surface area contributed by atoms with Crippen molar-refractivity contribution >= 4 is 35.6 Å². The van der Waals surface area contributed by atoms with Gasteiger partial charge < -0.3 is 15.8 Å². The Morgan fingerprint density at radius 3 is 2.50 bits per heavy atom. The molecule has 0 bridgehead atoms. The van der Waals surface area contributed by atoms with Crippen molar-refractivity contribution in [2.45, 2.75) is 12.9 Å². The van der Waals surface area contributed by atoms with Gasteiger partial charge in [-0.1, -0.05) is 30.3 Å². The van der Waals surface area contributed by atoms with Crippen LogP contribution in [0.5, 0.6) is 5.75 Å². The second kappa shape index (κ2) is 9.44. The van der Waals surface area contributed by atoms with E-state index < -0.39 is 6.36 Å². The molecule has 10 heteroatoms. The van der Waals surface area contributed by atoms with Gasteiger partial charge in [-0.25, -0.2) is 9.67 Å². The quantitative estimate of drug-likeness (QED) is 0.309. The Hall–Kier alpha value is -2.76. The van der Waals surface area contributed by atoms with Gasteiger partial charge in [0.1, 0.15) is 0 Å². The van der Waals surface area contributed by atoms with Crippen molar-refractivity contribution < 1.29 is 17.9 Å². The van der Waals surface area contributed by atoms with Gasteiger partial charge in [-0.15, -0.1) is 37.1 Å². The molecule has 0 saturated heterocycles. The van der Waals surface area contributed by atoms with E-state index in [-0.39, 0.29) is 47.9 Å². The van der Waals surface area contributed by atoms with Crippen LogP contribution in [0.15, 0.2) is 72.0 Å². The first-order valence-electron chi connectivity index (χ1n) is 7.91. The van der Waals surface area contributed by atoms with Gasteiger partial charge in [-0.05, 0) is 24.3 Å². The van der Waals surface area contributed by atoms with Crippen LogP contribution in [-0.2, 0) is 6.54 Å². The van der Waals surface area contributed by atoms with Crippen LogP contribution in [0.25, 0.3) is 5.69 Å². The van der Waals surface area contributed by atoms with Crippen LogP contribution in [0.4, 0.5) is 18.9 Å². The Balaban J connectivity index is 0.00000280. The standard InChI is InChI=1S/C18H16F3N5O.HI/c19-18(20,21)27-16-9-5-4-8-15(16)25-17(22)23-10-13-11-24-26(12-13)14-6-2-1-3-7-14;/h1-9,11-12H,10H2,(H3,22,23,25);1H. The lowest BCUT2D eigenvalue weighted by molar-refractivity contribution is -0.274. The molecule has 0 radical (unpaired) electrons. The molecular formula is C18H17F3IN5O. The summed E-state index contributed by atoms with van der Waals surface area (Å²) < 4.78 is 43.0. The van der Waals surface area contributed by atoms with Crippen molar-refractivity contribution in [2.75, 3.05) is 5.32 Å². The molecule has 0 unspecified atom stereocenters. The van der Waals surface area contributed by atoms with E-state index in [0.29, 0.717) is 0 Å². The first-order chi connectivity index (χ1) is 12.9. The Morgan fingerprint density at radius 2 is 1.79 bits per heavy atom. The number of anilines is 1. The molecule has 6 nitrogen and oxygen atoms in total. The van der Waals surface area contributed by atoms with E-state index in [1.165, 1.54) is 18.2 Å². The number of para-hydroxylation sites is 3. The third-order valence-electron chi connectivity index (χ3n) is 3.46. The minimum Gasteiger partial charge on any atom is -0.404 e. The summed E-state index contributed by atoms with van der Waals surface area (Å²) in [5.74, 6) is -0.430. The zero-order chi connectivity index (χ0) is 19.3. The number of nitrogens with zero attached hydrogens (tertiary/aromatic N) is 3. The molecule has 1 aromatic heterocycles. The van der Waals surface area contributed by atoms with Crippen LogP contribution >= 0.6 is 24.0 Å². The van der Waals surface area contributed by atoms with Crippen LogP contribution in [0.2, 0.25) is 0 Å². The third kappa shape index (κ3) is 6.15. The fraction of sp³-hybridized carbons (Fsp3) is 0.111. The van der Waals surface area contributed by atoms with Gasteiger partial charge in [0.05, 0.1) is 24.1 Å². The number of halogens is 4. The number of aliphatic imine (C=N–C) groups is 1. The first kappa shape index (κ1) is 21.5. The molecule has 3 N–H and O–H groups in total. The van der Waals surface area contributed by atoms with Gasteiger partial charge >= 0.3 is 6.36 Å². The average Bonchev–Trinajstić information content (AvgIpc) is 3.10. The number of guanidine groups is 1. The number of ether oxygens (including phenoxy) is 1. The second-order valence-electron chi connectivity index (χ2n) is 5.50. The van der Waals surface area contributed by atoms with E-state index in [2.05, 4.69) is 20.1 Å². The van der Waals surface area contributed by atoms with Crippen molar-refractivity contribution in [3.05, 3.63) is 72.6 Å². The predicted molar refractivity (Wildman–Crippen MR) is 111 cm³/mol. The van der Waals surface area contributed by atoms with Crippen molar-refractivity contribution in [1.29, 1.82) is 0 Å². The second-order valence-corrected chi connectivity index (χ2v) is 5.50. The van der Waals surface area contributed by atoms with Gasteiger partial charge in [0.15, 0.2) is 11.7 Å². The summed E-state index contributed by atoms with van der Waals surface area (Å²) in [6, 6.07) is 15.1. The van der Waals surface area contributed by atoms with Gasteiger partial charge in [0.25, 0.3) is 0 Å². The van der Waals surface area contributed by atoms with E-state index in [4.69, 9.17) is 5.73 Å². The number of aromatic nitrogens is 2. The van der Waals surface area contributed by atoms with Crippen LogP contribution in [-0.4, -0.2) is 22.1 Å². The van der Waals surface area contributed by atoms with Crippen LogP contribution in [0.3, 0.4) is 0 Å². The average molecular weight is 503 g/mol. The van der Waals surface area contributed by atoms with Gasteiger partial charge in [0.2, 0.25) is 0 Å². The summed E-state index contributed by atoms with van der Waals surface area (Å²) in [5, 5.41) is 6.86. The molecule has 0 aliphatic carbocycles. The minimum atomic E-state index is -4.80. The molecule has 28 heavy (non-hydrogen) atoms. The van der Waals surface area contributed by atoms with E-state index >= 15 is 0 Å². The Kier molecular flexibility index (Phi) is 7.26. The third-order valence-corrected chi connectivity index (χ3v) is 3.46. The summed E-state index contributed by atoms with van der Waals surface area (Å²) in [6.07, 6.45) is -1.35. The molecule has 2 aromatic carbocycles. The number of alkyl halides is 3. The van der Waals surface area contributed by atoms with Gasteiger partial charge in [-0.3, -0.25) is 0 Å². The number of rotatable bonds is 5. The Morgan fingerprint density at radius 1 is 1.11 bits per heavy atom. The molecule has 0 spiro atoms. The van der Waals surface area contributed by atoms with Gasteiger partial charge in [-0.2, -0.15) is 5.10 Å². The molecular weight excluding hydrogens is 486 g/mol. The highest BCUT2D eigenvalue weighted by Gasteiger charge is 2.32. The zero-order valence-electron chi connectivity index (χ0n) is 14.4. The number of nitrogens with two attached hydrogens (primary N) is 1. The lowest BCUT2D eigenvalue weighted by Gasteiger charge is -2.14.